The van der Waals surface area contributed by atoms with Crippen LogP contribution in [0.15, 0.2) is 18.2 Å². The fraction of sp³-hybridized carbons (Fsp3) is 0.167. The van der Waals surface area contributed by atoms with Crippen molar-refractivity contribution < 1.29 is 19.4 Å². The first kappa shape index (κ1) is 13.5. The number of aliphatic hydroxyl groups excluding tert-OH is 1. The summed E-state index contributed by atoms with van der Waals surface area (Å²) < 4.78 is 15.0. The first-order chi connectivity index (χ1) is 8.97. The molecule has 0 saturated heterocycles. The average molecular weight is 285 g/mol. The van der Waals surface area contributed by atoms with Gasteiger partial charge in [0, 0.05) is 0 Å². The van der Waals surface area contributed by atoms with Gasteiger partial charge in [-0.05, 0) is 19.1 Å². The number of carboxylic acid groups (broad SMARTS) is 1. The third kappa shape index (κ3) is 2.20. The fourth-order valence-corrected chi connectivity index (χ4v) is 2.04. The minimum absolute atomic E-state index is 0.0254. The summed E-state index contributed by atoms with van der Waals surface area (Å²) >= 11 is 5.68. The highest BCUT2D eigenvalue weighted by Gasteiger charge is 2.22. The van der Waals surface area contributed by atoms with Gasteiger partial charge in [-0.25, -0.2) is 14.2 Å². The molecule has 0 radical (unpaired) electrons. The molecule has 0 aliphatic carbocycles. The molecule has 0 amide bonds. The molecule has 2 aromatic rings. The maximum absolute atomic E-state index is 13.9. The molecule has 2 N–H and O–H groups in total. The smallest absolute Gasteiger partial charge is 0.354 e. The molecular formula is C12H10ClFN2O3. The zero-order chi connectivity index (χ0) is 14.2. The second-order valence-electron chi connectivity index (χ2n) is 3.85. The van der Waals surface area contributed by atoms with Crippen molar-refractivity contribution >= 4 is 17.6 Å². The van der Waals surface area contributed by atoms with E-state index in [0.29, 0.717) is 0 Å². The van der Waals surface area contributed by atoms with Gasteiger partial charge in [-0.1, -0.05) is 17.7 Å². The van der Waals surface area contributed by atoms with E-state index in [1.807, 2.05) is 0 Å². The topological polar surface area (TPSA) is 75.3 Å². The van der Waals surface area contributed by atoms with Gasteiger partial charge < -0.3 is 10.2 Å². The monoisotopic (exact) mass is 284 g/mol. The summed E-state index contributed by atoms with van der Waals surface area (Å²) in [5, 5.41) is 18.3. The van der Waals surface area contributed by atoms with Gasteiger partial charge in [0.25, 0.3) is 0 Å². The van der Waals surface area contributed by atoms with E-state index in [0.717, 1.165) is 4.57 Å². The summed E-state index contributed by atoms with van der Waals surface area (Å²) in [7, 11) is 0. The van der Waals surface area contributed by atoms with Crippen molar-refractivity contribution in [2.24, 2.45) is 0 Å². The number of hydrogen-bond donors (Lipinski definition) is 2. The highest BCUT2D eigenvalue weighted by Crippen LogP contribution is 2.28. The Kier molecular flexibility index (Phi) is 3.55. The summed E-state index contributed by atoms with van der Waals surface area (Å²) in [5.41, 5.74) is 0.0463. The SMILES string of the molecule is Cc1nc(-c2cccc(Cl)c2F)n(CO)c1C(=O)O. The molecule has 5 nitrogen and oxygen atoms in total. The van der Waals surface area contributed by atoms with Crippen molar-refractivity contribution in [3.05, 3.63) is 40.4 Å². The van der Waals surface area contributed by atoms with E-state index in [-0.39, 0.29) is 27.8 Å². The number of aryl methyl sites for hydroxylation is 1. The summed E-state index contributed by atoms with van der Waals surface area (Å²) in [6.45, 7) is 0.853. The molecule has 19 heavy (non-hydrogen) atoms. The highest BCUT2D eigenvalue weighted by molar-refractivity contribution is 6.31. The second kappa shape index (κ2) is 4.99. The zero-order valence-corrected chi connectivity index (χ0v) is 10.6. The van der Waals surface area contributed by atoms with Crippen molar-refractivity contribution in [3.63, 3.8) is 0 Å². The third-order valence-electron chi connectivity index (χ3n) is 2.68. The van der Waals surface area contributed by atoms with Crippen LogP contribution in [0.3, 0.4) is 0 Å². The van der Waals surface area contributed by atoms with Crippen molar-refractivity contribution in [2.75, 3.05) is 0 Å². The molecule has 0 fully saturated rings. The summed E-state index contributed by atoms with van der Waals surface area (Å²) in [5.74, 6) is -1.93. The number of hydrogen-bond acceptors (Lipinski definition) is 3. The van der Waals surface area contributed by atoms with Gasteiger partial charge >= 0.3 is 5.97 Å². The molecule has 100 valence electrons. The average Bonchev–Trinajstić information content (AvgIpc) is 2.69. The van der Waals surface area contributed by atoms with E-state index in [1.165, 1.54) is 25.1 Å². The van der Waals surface area contributed by atoms with E-state index in [1.54, 1.807) is 0 Å². The van der Waals surface area contributed by atoms with E-state index < -0.39 is 18.5 Å². The number of benzene rings is 1. The van der Waals surface area contributed by atoms with Gasteiger partial charge in [0.1, 0.15) is 12.6 Å². The molecule has 0 bridgehead atoms. The number of carbonyl (C=O) groups is 1. The lowest BCUT2D eigenvalue weighted by atomic mass is 10.2. The molecule has 1 heterocycles. The number of aromatic carboxylic acids is 1. The Hall–Kier alpha value is -1.92. The Morgan fingerprint density at radius 2 is 2.21 bits per heavy atom. The normalized spacial score (nSPS) is 10.7. The Morgan fingerprint density at radius 3 is 2.79 bits per heavy atom. The second-order valence-corrected chi connectivity index (χ2v) is 4.25. The van der Waals surface area contributed by atoms with E-state index >= 15 is 0 Å². The fourth-order valence-electron chi connectivity index (χ4n) is 1.86. The van der Waals surface area contributed by atoms with Crippen LogP contribution in [0.4, 0.5) is 4.39 Å². The quantitative estimate of drug-likeness (QED) is 0.907. The van der Waals surface area contributed by atoms with Crippen molar-refractivity contribution in [1.82, 2.24) is 9.55 Å². The molecular weight excluding hydrogens is 275 g/mol. The molecule has 1 aromatic carbocycles. The van der Waals surface area contributed by atoms with E-state index in [4.69, 9.17) is 16.7 Å². The molecule has 0 aliphatic heterocycles. The lowest BCUT2D eigenvalue weighted by Crippen LogP contribution is -2.11. The van der Waals surface area contributed by atoms with Gasteiger partial charge in [0.05, 0.1) is 16.3 Å². The Morgan fingerprint density at radius 1 is 1.53 bits per heavy atom. The highest BCUT2D eigenvalue weighted by atomic mass is 35.5. The van der Waals surface area contributed by atoms with Gasteiger partial charge in [0.15, 0.2) is 11.5 Å². The maximum atomic E-state index is 13.9. The van der Waals surface area contributed by atoms with Crippen LogP contribution in [0.1, 0.15) is 16.2 Å². The lowest BCUT2D eigenvalue weighted by Gasteiger charge is -2.07. The third-order valence-corrected chi connectivity index (χ3v) is 2.97. The van der Waals surface area contributed by atoms with Crippen molar-refractivity contribution in [2.45, 2.75) is 13.7 Å². The molecule has 0 unspecified atom stereocenters. The number of rotatable bonds is 3. The standard InChI is InChI=1S/C12H10ClFN2O3/c1-6-10(12(18)19)16(5-17)11(15-6)7-3-2-4-8(13)9(7)14/h2-4,17H,5H2,1H3,(H,18,19). The number of imidazole rings is 1. The molecule has 7 heteroatoms. The number of carboxylic acids is 1. The van der Waals surface area contributed by atoms with Crippen LogP contribution >= 0.6 is 11.6 Å². The predicted octanol–water partition coefficient (Wildman–Crippen LogP) is 2.30. The summed E-state index contributed by atoms with van der Waals surface area (Å²) in [6.07, 6.45) is 0. The zero-order valence-electron chi connectivity index (χ0n) is 9.89. The Labute approximate surface area is 112 Å². The van der Waals surface area contributed by atoms with Crippen LogP contribution in [-0.2, 0) is 6.73 Å². The summed E-state index contributed by atoms with van der Waals surface area (Å²) in [6, 6.07) is 4.31. The van der Waals surface area contributed by atoms with Crippen LogP contribution in [0.25, 0.3) is 11.4 Å². The first-order valence-corrected chi connectivity index (χ1v) is 5.70. The Balaban J connectivity index is 2.73. The lowest BCUT2D eigenvalue weighted by molar-refractivity contribution is 0.0673. The number of nitrogens with zero attached hydrogens (tertiary/aromatic N) is 2. The first-order valence-electron chi connectivity index (χ1n) is 5.33. The van der Waals surface area contributed by atoms with Crippen LogP contribution < -0.4 is 0 Å². The minimum atomic E-state index is -1.24. The Bertz CT molecular complexity index is 655. The van der Waals surface area contributed by atoms with Crippen LogP contribution in [0.2, 0.25) is 5.02 Å². The predicted molar refractivity (Wildman–Crippen MR) is 66.5 cm³/mol. The molecule has 0 atom stereocenters. The van der Waals surface area contributed by atoms with E-state index in [9.17, 15) is 14.3 Å². The maximum Gasteiger partial charge on any atom is 0.354 e. The van der Waals surface area contributed by atoms with Gasteiger partial charge in [-0.3, -0.25) is 4.57 Å². The largest absolute Gasteiger partial charge is 0.477 e. The van der Waals surface area contributed by atoms with Crippen molar-refractivity contribution in [1.29, 1.82) is 0 Å². The molecule has 1 aromatic heterocycles. The van der Waals surface area contributed by atoms with Crippen LogP contribution in [0, 0.1) is 12.7 Å². The summed E-state index contributed by atoms with van der Waals surface area (Å²) in [4.78, 5) is 15.1. The van der Waals surface area contributed by atoms with Gasteiger partial charge in [0.2, 0.25) is 0 Å². The van der Waals surface area contributed by atoms with Gasteiger partial charge in [-0.2, -0.15) is 0 Å². The number of aliphatic hydroxyl groups is 1. The number of halogens is 2. The molecule has 0 spiro atoms. The van der Waals surface area contributed by atoms with E-state index in [2.05, 4.69) is 4.98 Å². The van der Waals surface area contributed by atoms with Crippen LogP contribution in [0.5, 0.6) is 0 Å². The van der Waals surface area contributed by atoms with Crippen LogP contribution in [-0.4, -0.2) is 25.7 Å². The van der Waals surface area contributed by atoms with Crippen molar-refractivity contribution in [3.8, 4) is 11.4 Å². The van der Waals surface area contributed by atoms with Gasteiger partial charge in [-0.15, -0.1) is 0 Å². The number of aromatic nitrogens is 2. The molecule has 0 saturated carbocycles. The molecule has 2 rings (SSSR count). The minimum Gasteiger partial charge on any atom is -0.477 e. The molecule has 0 aliphatic rings.